The van der Waals surface area contributed by atoms with Crippen molar-refractivity contribution in [2.45, 2.75) is 58.2 Å². The Morgan fingerprint density at radius 3 is 2.83 bits per heavy atom. The summed E-state index contributed by atoms with van der Waals surface area (Å²) in [5.41, 5.74) is 2.05. The monoisotopic (exact) mass is 250 g/mol. The Morgan fingerprint density at radius 1 is 1.39 bits per heavy atom. The van der Waals surface area contributed by atoms with Crippen LogP contribution in [-0.4, -0.2) is 22.8 Å². The molecule has 0 bridgehead atoms. The van der Waals surface area contributed by atoms with Crippen LogP contribution >= 0.6 is 0 Å². The lowest BCUT2D eigenvalue weighted by Gasteiger charge is -2.32. The fourth-order valence-electron chi connectivity index (χ4n) is 4.17. The van der Waals surface area contributed by atoms with E-state index < -0.39 is 5.60 Å². The third-order valence-corrected chi connectivity index (χ3v) is 5.36. The summed E-state index contributed by atoms with van der Waals surface area (Å²) in [7, 11) is 0. The molecular weight excluding hydrogens is 228 g/mol. The number of aliphatic hydroxyl groups is 1. The van der Waals surface area contributed by atoms with Crippen molar-refractivity contribution in [1.82, 2.24) is 0 Å². The van der Waals surface area contributed by atoms with Crippen molar-refractivity contribution in [2.75, 3.05) is 0 Å². The smallest absolute Gasteiger partial charge is 0.309 e. The first-order valence-electron chi connectivity index (χ1n) is 7.03. The number of hydrogen-bond donors (Lipinski definition) is 1. The van der Waals surface area contributed by atoms with Crippen LogP contribution in [0.3, 0.4) is 0 Å². The van der Waals surface area contributed by atoms with E-state index in [0.717, 1.165) is 25.7 Å². The largest absolute Gasteiger partial charge is 0.461 e. The van der Waals surface area contributed by atoms with Crippen molar-refractivity contribution in [3.63, 3.8) is 0 Å². The normalized spacial score (nSPS) is 47.7. The van der Waals surface area contributed by atoms with Gasteiger partial charge in [-0.3, -0.25) is 4.79 Å². The highest BCUT2D eigenvalue weighted by atomic mass is 16.6. The SMILES string of the molecule is CC1=C2CC[C@](C)(O)[C@@H]2[C@H]2OC(=O)[C@@H](C)[C@@H]2CC1. The fourth-order valence-corrected chi connectivity index (χ4v) is 4.17. The number of esters is 1. The molecule has 100 valence electrons. The van der Waals surface area contributed by atoms with Crippen LogP contribution in [0.25, 0.3) is 0 Å². The van der Waals surface area contributed by atoms with Crippen LogP contribution < -0.4 is 0 Å². The molecule has 2 aliphatic carbocycles. The van der Waals surface area contributed by atoms with Crippen LogP contribution in [0.15, 0.2) is 11.1 Å². The first kappa shape index (κ1) is 12.2. The van der Waals surface area contributed by atoms with Crippen molar-refractivity contribution < 1.29 is 14.6 Å². The Labute approximate surface area is 108 Å². The highest BCUT2D eigenvalue weighted by Crippen LogP contribution is 2.52. The summed E-state index contributed by atoms with van der Waals surface area (Å²) in [6.45, 7) is 6.05. The molecule has 0 aromatic rings. The van der Waals surface area contributed by atoms with Crippen LogP contribution in [-0.2, 0) is 9.53 Å². The van der Waals surface area contributed by atoms with Crippen molar-refractivity contribution >= 4 is 5.97 Å². The van der Waals surface area contributed by atoms with E-state index in [9.17, 15) is 9.90 Å². The summed E-state index contributed by atoms with van der Waals surface area (Å²) in [4.78, 5) is 11.8. The van der Waals surface area contributed by atoms with Crippen molar-refractivity contribution in [3.05, 3.63) is 11.1 Å². The van der Waals surface area contributed by atoms with E-state index in [4.69, 9.17) is 4.74 Å². The Morgan fingerprint density at radius 2 is 2.11 bits per heavy atom. The van der Waals surface area contributed by atoms with Crippen LogP contribution in [0.4, 0.5) is 0 Å². The summed E-state index contributed by atoms with van der Waals surface area (Å²) >= 11 is 0. The molecule has 0 aromatic heterocycles. The number of ether oxygens (including phenoxy) is 1. The van der Waals surface area contributed by atoms with Crippen molar-refractivity contribution in [2.24, 2.45) is 17.8 Å². The minimum absolute atomic E-state index is 0.0152. The summed E-state index contributed by atoms with van der Waals surface area (Å²) < 4.78 is 5.62. The first-order valence-corrected chi connectivity index (χ1v) is 7.03. The van der Waals surface area contributed by atoms with E-state index in [1.807, 2.05) is 13.8 Å². The molecule has 0 unspecified atom stereocenters. The summed E-state index contributed by atoms with van der Waals surface area (Å²) in [5.74, 6) is 0.212. The zero-order valence-electron chi connectivity index (χ0n) is 11.4. The topological polar surface area (TPSA) is 46.5 Å². The third-order valence-electron chi connectivity index (χ3n) is 5.36. The second kappa shape index (κ2) is 3.83. The molecular formula is C15H22O3. The van der Waals surface area contributed by atoms with E-state index in [-0.39, 0.29) is 29.8 Å². The average Bonchev–Trinajstić information content (AvgIpc) is 2.69. The minimum atomic E-state index is -0.714. The lowest BCUT2D eigenvalue weighted by atomic mass is 9.78. The van der Waals surface area contributed by atoms with Gasteiger partial charge in [0.15, 0.2) is 0 Å². The molecule has 0 spiro atoms. The van der Waals surface area contributed by atoms with Gasteiger partial charge in [-0.15, -0.1) is 0 Å². The molecule has 1 aliphatic heterocycles. The molecule has 3 heteroatoms. The number of allylic oxidation sites excluding steroid dienone is 1. The van der Waals surface area contributed by atoms with E-state index in [1.54, 1.807) is 0 Å². The molecule has 1 saturated carbocycles. The standard InChI is InChI=1S/C15H22O3/c1-8-4-5-11-9(2)14(16)18-13(11)12-10(8)6-7-15(12,3)17/h9,11-13,17H,4-7H2,1-3H3/t9-,11-,12-,13-,15-/m0/s1. The van der Waals surface area contributed by atoms with Gasteiger partial charge in [0.2, 0.25) is 0 Å². The number of rotatable bonds is 0. The Balaban J connectivity index is 2.04. The molecule has 1 N–H and O–H groups in total. The number of hydrogen-bond acceptors (Lipinski definition) is 3. The molecule has 2 fully saturated rings. The summed E-state index contributed by atoms with van der Waals surface area (Å²) in [5, 5.41) is 10.6. The van der Waals surface area contributed by atoms with Crippen LogP contribution in [0.1, 0.15) is 46.5 Å². The summed E-state index contributed by atoms with van der Waals surface area (Å²) in [6, 6.07) is 0. The maximum absolute atomic E-state index is 11.8. The van der Waals surface area contributed by atoms with Gasteiger partial charge in [-0.1, -0.05) is 18.1 Å². The number of carbonyl (C=O) groups is 1. The van der Waals surface area contributed by atoms with Crippen LogP contribution in [0.2, 0.25) is 0 Å². The molecule has 0 aromatic carbocycles. The molecule has 1 saturated heterocycles. The number of carbonyl (C=O) groups excluding carboxylic acids is 1. The predicted molar refractivity (Wildman–Crippen MR) is 67.8 cm³/mol. The molecule has 5 atom stereocenters. The molecule has 3 aliphatic rings. The number of fused-ring (bicyclic) bond motifs is 3. The maximum atomic E-state index is 11.8. The lowest BCUT2D eigenvalue weighted by molar-refractivity contribution is -0.147. The van der Waals surface area contributed by atoms with E-state index in [0.29, 0.717) is 0 Å². The predicted octanol–water partition coefficient (Wildman–Crippen LogP) is 2.44. The van der Waals surface area contributed by atoms with Crippen molar-refractivity contribution in [1.29, 1.82) is 0 Å². The lowest BCUT2D eigenvalue weighted by Crippen LogP contribution is -2.40. The quantitative estimate of drug-likeness (QED) is 0.530. The van der Waals surface area contributed by atoms with Crippen molar-refractivity contribution in [3.8, 4) is 0 Å². The molecule has 18 heavy (non-hydrogen) atoms. The second-order valence-corrected chi connectivity index (χ2v) is 6.53. The Bertz CT molecular complexity index is 421. The van der Waals surface area contributed by atoms with Gasteiger partial charge in [0, 0.05) is 11.8 Å². The van der Waals surface area contributed by atoms with E-state index >= 15 is 0 Å². The fraction of sp³-hybridized carbons (Fsp3) is 0.800. The molecule has 0 radical (unpaired) electrons. The molecule has 0 amide bonds. The van der Waals surface area contributed by atoms with Gasteiger partial charge in [-0.25, -0.2) is 0 Å². The zero-order valence-corrected chi connectivity index (χ0v) is 11.4. The highest BCUT2D eigenvalue weighted by molar-refractivity contribution is 5.75. The first-order chi connectivity index (χ1) is 8.42. The van der Waals surface area contributed by atoms with Gasteiger partial charge in [-0.05, 0) is 39.5 Å². The molecule has 3 nitrogen and oxygen atoms in total. The highest BCUT2D eigenvalue weighted by Gasteiger charge is 2.55. The Hall–Kier alpha value is -0.830. The van der Waals surface area contributed by atoms with Gasteiger partial charge < -0.3 is 9.84 Å². The van der Waals surface area contributed by atoms with E-state index in [2.05, 4.69) is 6.92 Å². The van der Waals surface area contributed by atoms with E-state index in [1.165, 1.54) is 11.1 Å². The second-order valence-electron chi connectivity index (χ2n) is 6.53. The average molecular weight is 250 g/mol. The molecule has 3 rings (SSSR count). The molecule has 1 heterocycles. The van der Waals surface area contributed by atoms with Gasteiger partial charge in [0.05, 0.1) is 11.5 Å². The van der Waals surface area contributed by atoms with Crippen LogP contribution in [0, 0.1) is 17.8 Å². The Kier molecular flexibility index (Phi) is 2.60. The van der Waals surface area contributed by atoms with Gasteiger partial charge >= 0.3 is 5.97 Å². The third kappa shape index (κ3) is 1.56. The van der Waals surface area contributed by atoms with Crippen LogP contribution in [0.5, 0.6) is 0 Å². The minimum Gasteiger partial charge on any atom is -0.461 e. The van der Waals surface area contributed by atoms with Gasteiger partial charge in [-0.2, -0.15) is 0 Å². The zero-order chi connectivity index (χ0) is 13.1. The van der Waals surface area contributed by atoms with Gasteiger partial charge in [0.1, 0.15) is 6.10 Å². The van der Waals surface area contributed by atoms with Gasteiger partial charge in [0.25, 0.3) is 0 Å². The maximum Gasteiger partial charge on any atom is 0.309 e. The summed E-state index contributed by atoms with van der Waals surface area (Å²) in [6.07, 6.45) is 3.71.